The second-order valence-electron chi connectivity index (χ2n) is 4.36. The van der Waals surface area contributed by atoms with Gasteiger partial charge in [-0.1, -0.05) is 60.7 Å². The minimum atomic E-state index is -3.63. The number of hydrogen-bond donors (Lipinski definition) is 1. The molecule has 0 fully saturated rings. The Bertz CT molecular complexity index is 723. The van der Waals surface area contributed by atoms with Gasteiger partial charge < -0.3 is 5.21 Å². The summed E-state index contributed by atoms with van der Waals surface area (Å²) in [6.07, 6.45) is 4.19. The lowest BCUT2D eigenvalue weighted by atomic mass is 10.2. The minimum Gasteiger partial charge on any atom is -0.411 e. The predicted octanol–water partition coefficient (Wildman–Crippen LogP) is 3.00. The van der Waals surface area contributed by atoms with Gasteiger partial charge in [-0.2, -0.15) is 0 Å². The fourth-order valence-corrected chi connectivity index (χ4v) is 3.19. The van der Waals surface area contributed by atoms with Crippen molar-refractivity contribution >= 4 is 22.1 Å². The van der Waals surface area contributed by atoms with Crippen LogP contribution in [0.2, 0.25) is 0 Å². The van der Waals surface area contributed by atoms with Crippen LogP contribution in [-0.4, -0.2) is 25.1 Å². The Morgan fingerprint density at radius 3 is 2.10 bits per heavy atom. The average Bonchev–Trinajstić information content (AvgIpc) is 2.53. The molecule has 0 aliphatic carbocycles. The van der Waals surface area contributed by atoms with Crippen LogP contribution in [0.25, 0.3) is 6.08 Å². The van der Waals surface area contributed by atoms with Crippen LogP contribution in [0.15, 0.2) is 76.8 Å². The zero-order chi connectivity index (χ0) is 15.1. The van der Waals surface area contributed by atoms with E-state index in [1.807, 2.05) is 30.3 Å². The lowest BCUT2D eigenvalue weighted by Gasteiger charge is -2.09. The molecule has 0 saturated carbocycles. The first-order valence-electron chi connectivity index (χ1n) is 6.34. The van der Waals surface area contributed by atoms with Crippen molar-refractivity contribution in [1.82, 2.24) is 0 Å². The summed E-state index contributed by atoms with van der Waals surface area (Å²) in [5, 5.41) is 10.6. The van der Waals surface area contributed by atoms with Gasteiger partial charge in [0.05, 0.1) is 11.1 Å². The molecule has 1 N–H and O–H groups in total. The highest BCUT2D eigenvalue weighted by Crippen LogP contribution is 2.16. The minimum absolute atomic E-state index is 0.188. The Hall–Kier alpha value is -2.40. The fourth-order valence-electron chi connectivity index (χ4n) is 1.84. The standard InChI is InChI=1S/C16H15NO3S/c18-17-13-16(12-11-14-7-3-1-4-8-14)21(19,20)15-9-5-2-6-10-15/h1-13,16,18H/b12-11+,17-13+. The molecule has 0 aliphatic heterocycles. The fraction of sp³-hybridized carbons (Fsp3) is 0.0625. The lowest BCUT2D eigenvalue weighted by Crippen LogP contribution is -2.20. The van der Waals surface area contributed by atoms with E-state index in [1.165, 1.54) is 18.2 Å². The van der Waals surface area contributed by atoms with Gasteiger partial charge in [-0.15, -0.1) is 5.16 Å². The van der Waals surface area contributed by atoms with E-state index in [2.05, 4.69) is 5.16 Å². The molecule has 21 heavy (non-hydrogen) atoms. The van der Waals surface area contributed by atoms with Crippen molar-refractivity contribution in [3.8, 4) is 0 Å². The number of benzene rings is 2. The second kappa shape index (κ2) is 6.85. The molecule has 0 amide bonds. The second-order valence-corrected chi connectivity index (χ2v) is 6.46. The summed E-state index contributed by atoms with van der Waals surface area (Å²) in [5.41, 5.74) is 0.872. The molecule has 4 nitrogen and oxygen atoms in total. The predicted molar refractivity (Wildman–Crippen MR) is 83.2 cm³/mol. The maximum atomic E-state index is 12.5. The van der Waals surface area contributed by atoms with Gasteiger partial charge in [0.15, 0.2) is 9.84 Å². The molecule has 2 aromatic carbocycles. The van der Waals surface area contributed by atoms with E-state index in [0.717, 1.165) is 11.8 Å². The number of hydrogen-bond acceptors (Lipinski definition) is 4. The van der Waals surface area contributed by atoms with E-state index in [0.29, 0.717) is 0 Å². The van der Waals surface area contributed by atoms with Crippen molar-refractivity contribution in [2.45, 2.75) is 10.1 Å². The van der Waals surface area contributed by atoms with E-state index in [1.54, 1.807) is 24.3 Å². The SMILES string of the molecule is O=S(=O)(c1ccccc1)C(/C=C/c1ccccc1)/C=N/O. The van der Waals surface area contributed by atoms with Crippen LogP contribution < -0.4 is 0 Å². The Balaban J connectivity index is 2.34. The van der Waals surface area contributed by atoms with Crippen molar-refractivity contribution in [3.05, 3.63) is 72.3 Å². The number of nitrogens with zero attached hydrogens (tertiary/aromatic N) is 1. The van der Waals surface area contributed by atoms with Crippen molar-refractivity contribution in [1.29, 1.82) is 0 Å². The molecule has 0 aromatic heterocycles. The molecule has 108 valence electrons. The molecular formula is C16H15NO3S. The topological polar surface area (TPSA) is 66.7 Å². The Labute approximate surface area is 124 Å². The maximum Gasteiger partial charge on any atom is 0.190 e. The summed E-state index contributed by atoms with van der Waals surface area (Å²) in [6, 6.07) is 17.4. The Kier molecular flexibility index (Phi) is 4.90. The van der Waals surface area contributed by atoms with Crippen LogP contribution in [0.5, 0.6) is 0 Å². The molecule has 0 spiro atoms. The van der Waals surface area contributed by atoms with Gasteiger partial charge in [0.25, 0.3) is 0 Å². The zero-order valence-corrected chi connectivity index (χ0v) is 12.0. The first-order chi connectivity index (χ1) is 10.1. The smallest absolute Gasteiger partial charge is 0.190 e. The van der Waals surface area contributed by atoms with Crippen molar-refractivity contribution in [3.63, 3.8) is 0 Å². The third-order valence-corrected chi connectivity index (χ3v) is 4.85. The highest BCUT2D eigenvalue weighted by atomic mass is 32.2. The average molecular weight is 301 g/mol. The van der Waals surface area contributed by atoms with E-state index in [4.69, 9.17) is 5.21 Å². The first kappa shape index (κ1) is 15.0. The van der Waals surface area contributed by atoms with Crippen LogP contribution in [0.3, 0.4) is 0 Å². The van der Waals surface area contributed by atoms with Crippen LogP contribution in [0, 0.1) is 0 Å². The summed E-state index contributed by atoms with van der Waals surface area (Å²) in [4.78, 5) is 0.188. The van der Waals surface area contributed by atoms with Gasteiger partial charge in [-0.05, 0) is 17.7 Å². The maximum absolute atomic E-state index is 12.5. The van der Waals surface area contributed by atoms with Gasteiger partial charge >= 0.3 is 0 Å². The molecule has 2 rings (SSSR count). The van der Waals surface area contributed by atoms with Crippen molar-refractivity contribution in [2.75, 3.05) is 0 Å². The van der Waals surface area contributed by atoms with Crippen LogP contribution in [0.4, 0.5) is 0 Å². The highest BCUT2D eigenvalue weighted by molar-refractivity contribution is 7.93. The van der Waals surface area contributed by atoms with Crippen molar-refractivity contribution < 1.29 is 13.6 Å². The monoisotopic (exact) mass is 301 g/mol. The number of rotatable bonds is 5. The van der Waals surface area contributed by atoms with Crippen LogP contribution in [0.1, 0.15) is 5.56 Å². The first-order valence-corrected chi connectivity index (χ1v) is 7.89. The summed E-state index contributed by atoms with van der Waals surface area (Å²) in [7, 11) is -3.63. The molecule has 1 unspecified atom stereocenters. The largest absolute Gasteiger partial charge is 0.411 e. The van der Waals surface area contributed by atoms with Crippen LogP contribution >= 0.6 is 0 Å². The molecule has 0 radical (unpaired) electrons. The van der Waals surface area contributed by atoms with E-state index in [-0.39, 0.29) is 4.90 Å². The molecule has 0 aliphatic rings. The van der Waals surface area contributed by atoms with Crippen molar-refractivity contribution in [2.24, 2.45) is 5.16 Å². The molecular weight excluding hydrogens is 286 g/mol. The number of sulfone groups is 1. The van der Waals surface area contributed by atoms with E-state index < -0.39 is 15.1 Å². The van der Waals surface area contributed by atoms with Gasteiger partial charge in [0.2, 0.25) is 0 Å². The molecule has 0 bridgehead atoms. The molecule has 0 heterocycles. The molecule has 0 saturated heterocycles. The molecule has 5 heteroatoms. The van der Waals surface area contributed by atoms with E-state index >= 15 is 0 Å². The summed E-state index contributed by atoms with van der Waals surface area (Å²) >= 11 is 0. The Morgan fingerprint density at radius 1 is 0.952 bits per heavy atom. The molecule has 1 atom stereocenters. The van der Waals surface area contributed by atoms with Gasteiger partial charge in [0.1, 0.15) is 5.25 Å². The van der Waals surface area contributed by atoms with Gasteiger partial charge in [-0.3, -0.25) is 0 Å². The third kappa shape index (κ3) is 3.79. The molecule has 2 aromatic rings. The summed E-state index contributed by atoms with van der Waals surface area (Å²) in [5.74, 6) is 0. The lowest BCUT2D eigenvalue weighted by molar-refractivity contribution is 0.321. The number of oxime groups is 1. The van der Waals surface area contributed by atoms with E-state index in [9.17, 15) is 8.42 Å². The normalized spacial score (nSPS) is 13.7. The highest BCUT2D eigenvalue weighted by Gasteiger charge is 2.23. The van der Waals surface area contributed by atoms with Crippen LogP contribution in [-0.2, 0) is 9.84 Å². The zero-order valence-electron chi connectivity index (χ0n) is 11.2. The summed E-state index contributed by atoms with van der Waals surface area (Å²) in [6.45, 7) is 0. The quantitative estimate of drug-likeness (QED) is 0.524. The van der Waals surface area contributed by atoms with Gasteiger partial charge in [0, 0.05) is 0 Å². The van der Waals surface area contributed by atoms with Gasteiger partial charge in [-0.25, -0.2) is 8.42 Å². The Morgan fingerprint density at radius 2 is 1.52 bits per heavy atom. The summed E-state index contributed by atoms with van der Waals surface area (Å²) < 4.78 is 25.0. The third-order valence-electron chi connectivity index (χ3n) is 2.92.